The van der Waals surface area contributed by atoms with Crippen molar-refractivity contribution in [2.24, 2.45) is 0 Å². The van der Waals surface area contributed by atoms with Crippen molar-refractivity contribution < 1.29 is 9.59 Å². The van der Waals surface area contributed by atoms with Gasteiger partial charge >= 0.3 is 0 Å². The first kappa shape index (κ1) is 21.3. The number of halogens is 1. The molecule has 0 aliphatic rings. The first-order valence-corrected chi connectivity index (χ1v) is 10.9. The Bertz CT molecular complexity index is 1290. The van der Waals surface area contributed by atoms with E-state index in [1.807, 2.05) is 30.3 Å². The van der Waals surface area contributed by atoms with Crippen molar-refractivity contribution in [2.75, 3.05) is 10.6 Å². The molecule has 4 aromatic rings. The highest BCUT2D eigenvalue weighted by Crippen LogP contribution is 2.35. The Morgan fingerprint density at radius 1 is 1.23 bits per heavy atom. The zero-order valence-corrected chi connectivity index (χ0v) is 18.7. The van der Waals surface area contributed by atoms with E-state index in [9.17, 15) is 9.59 Å². The van der Waals surface area contributed by atoms with E-state index in [1.54, 1.807) is 6.20 Å². The first-order chi connectivity index (χ1) is 14.9. The Kier molecular flexibility index (Phi) is 6.21. The number of nitrogens with zero attached hydrogens (tertiary/aromatic N) is 3. The number of aryl methyl sites for hydroxylation is 1. The molecule has 0 saturated carbocycles. The Hall–Kier alpha value is -2.95. The maximum absolute atomic E-state index is 11.5. The lowest BCUT2D eigenvalue weighted by Gasteiger charge is -2.08. The number of carbonyl (C=O) groups is 2. The second-order valence-electron chi connectivity index (χ2n) is 6.79. The molecule has 2 aromatic carbocycles. The van der Waals surface area contributed by atoms with Crippen molar-refractivity contribution in [3.8, 4) is 10.6 Å². The molecule has 0 atom stereocenters. The van der Waals surface area contributed by atoms with Gasteiger partial charge in [0.05, 0.1) is 22.4 Å². The molecule has 4 rings (SSSR count). The van der Waals surface area contributed by atoms with Crippen LogP contribution in [-0.2, 0) is 16.0 Å². The molecule has 11 heteroatoms. The Balaban J connectivity index is 1.62. The van der Waals surface area contributed by atoms with Gasteiger partial charge in [0.25, 0.3) is 0 Å². The van der Waals surface area contributed by atoms with E-state index in [4.69, 9.17) is 11.6 Å². The average Bonchev–Trinajstić information content (AvgIpc) is 3.38. The second kappa shape index (κ2) is 9.04. The highest BCUT2D eigenvalue weighted by Gasteiger charge is 2.13. The van der Waals surface area contributed by atoms with Gasteiger partial charge in [-0.2, -0.15) is 5.10 Å². The van der Waals surface area contributed by atoms with Gasteiger partial charge in [-0.05, 0) is 42.3 Å². The minimum absolute atomic E-state index is 0.183. The summed E-state index contributed by atoms with van der Waals surface area (Å²) < 4.78 is 0. The third-order valence-corrected chi connectivity index (χ3v) is 5.93. The third kappa shape index (κ3) is 5.04. The number of rotatable bonds is 7. The highest BCUT2D eigenvalue weighted by molar-refractivity contribution is 7.96. The molecule has 3 N–H and O–H groups in total. The lowest BCUT2D eigenvalue weighted by atomic mass is 10.1. The Morgan fingerprint density at radius 2 is 2.06 bits per heavy atom. The average molecular weight is 473 g/mol. The second-order valence-corrected chi connectivity index (χ2v) is 8.64. The van der Waals surface area contributed by atoms with E-state index in [-0.39, 0.29) is 11.0 Å². The fraction of sp³-hybridized carbons (Fsp3) is 0.150. The van der Waals surface area contributed by atoms with E-state index < -0.39 is 0 Å². The molecule has 0 aliphatic heterocycles. The summed E-state index contributed by atoms with van der Waals surface area (Å²) >= 11 is 11.6. The fourth-order valence-electron chi connectivity index (χ4n) is 3.07. The van der Waals surface area contributed by atoms with Crippen LogP contribution in [0.5, 0.6) is 0 Å². The molecule has 2 aromatic heterocycles. The molecule has 1 amide bonds. The molecule has 2 heterocycles. The normalized spacial score (nSPS) is 10.9. The summed E-state index contributed by atoms with van der Waals surface area (Å²) in [6.45, 7) is 1.44. The number of hydrogen-bond donors (Lipinski definition) is 4. The van der Waals surface area contributed by atoms with Gasteiger partial charge < -0.3 is 10.6 Å². The molecule has 0 fully saturated rings. The van der Waals surface area contributed by atoms with Crippen LogP contribution in [0.1, 0.15) is 18.9 Å². The highest BCUT2D eigenvalue weighted by atomic mass is 35.5. The maximum Gasteiger partial charge on any atom is 0.221 e. The van der Waals surface area contributed by atoms with E-state index >= 15 is 0 Å². The van der Waals surface area contributed by atoms with Gasteiger partial charge in [-0.15, -0.1) is 22.8 Å². The summed E-state index contributed by atoms with van der Waals surface area (Å²) in [6, 6.07) is 9.30. The molecule has 0 aliphatic carbocycles. The molecule has 31 heavy (non-hydrogen) atoms. The van der Waals surface area contributed by atoms with E-state index in [0.29, 0.717) is 39.4 Å². The number of carbonyl (C=O) groups excluding carboxylic acids is 2. The predicted octanol–water partition coefficient (Wildman–Crippen LogP) is 4.83. The number of hydrogen-bond acceptors (Lipinski definition) is 7. The number of aromatic nitrogens is 4. The van der Waals surface area contributed by atoms with Crippen LogP contribution in [0.3, 0.4) is 0 Å². The van der Waals surface area contributed by atoms with Gasteiger partial charge in [-0.3, -0.25) is 14.7 Å². The predicted molar refractivity (Wildman–Crippen MR) is 126 cm³/mol. The van der Waals surface area contributed by atoms with Crippen LogP contribution in [0.4, 0.5) is 16.5 Å². The number of anilines is 3. The van der Waals surface area contributed by atoms with Crippen molar-refractivity contribution in [1.29, 1.82) is 0 Å². The molecular weight excluding hydrogens is 456 g/mol. The molecule has 0 saturated heterocycles. The van der Waals surface area contributed by atoms with Gasteiger partial charge in [0.2, 0.25) is 11.0 Å². The largest absolute Gasteiger partial charge is 0.329 e. The number of nitrogens with one attached hydrogen (secondary N) is 3. The van der Waals surface area contributed by atoms with Crippen molar-refractivity contribution >= 4 is 74.0 Å². The van der Waals surface area contributed by atoms with Gasteiger partial charge in [0.15, 0.2) is 5.12 Å². The molecule has 0 bridgehead atoms. The van der Waals surface area contributed by atoms with Crippen LogP contribution in [-0.4, -0.2) is 31.4 Å². The van der Waals surface area contributed by atoms with Gasteiger partial charge in [0, 0.05) is 30.0 Å². The number of benzene rings is 2. The zero-order valence-electron chi connectivity index (χ0n) is 16.3. The van der Waals surface area contributed by atoms with Crippen LogP contribution in [0, 0.1) is 0 Å². The number of aromatic amines is 1. The van der Waals surface area contributed by atoms with Crippen molar-refractivity contribution in [1.82, 2.24) is 20.4 Å². The minimum Gasteiger partial charge on any atom is -0.329 e. The fourth-order valence-corrected chi connectivity index (χ4v) is 4.19. The van der Waals surface area contributed by atoms with Gasteiger partial charge in [-0.1, -0.05) is 22.9 Å². The molecule has 158 valence electrons. The maximum atomic E-state index is 11.5. The summed E-state index contributed by atoms with van der Waals surface area (Å²) in [5, 5.41) is 23.7. The van der Waals surface area contributed by atoms with E-state index in [2.05, 4.69) is 43.7 Å². The monoisotopic (exact) mass is 472 g/mol. The first-order valence-electron chi connectivity index (χ1n) is 9.25. The lowest BCUT2D eigenvalue weighted by Crippen LogP contribution is -2.06. The number of thiol groups is 1. The van der Waals surface area contributed by atoms with E-state index in [1.165, 1.54) is 18.3 Å². The molecule has 0 spiro atoms. The minimum atomic E-state index is -0.194. The van der Waals surface area contributed by atoms with Crippen LogP contribution < -0.4 is 10.6 Å². The third-order valence-electron chi connectivity index (χ3n) is 4.41. The Labute approximate surface area is 191 Å². The van der Waals surface area contributed by atoms with Crippen molar-refractivity contribution in [2.45, 2.75) is 19.8 Å². The van der Waals surface area contributed by atoms with Crippen molar-refractivity contribution in [3.63, 3.8) is 0 Å². The number of fused-ring (bicyclic) bond motifs is 1. The Morgan fingerprint density at radius 3 is 2.84 bits per heavy atom. The van der Waals surface area contributed by atoms with Crippen LogP contribution >= 0.6 is 35.6 Å². The number of amides is 1. The SMILES string of the molecule is CC(=O)Nc1cc(CCC(=O)S)cc(-c2nnc(Nc3ccc4[nH]ncc4c3Cl)s2)c1. The van der Waals surface area contributed by atoms with Crippen LogP contribution in [0.25, 0.3) is 21.5 Å². The van der Waals surface area contributed by atoms with Crippen LogP contribution in [0.15, 0.2) is 36.5 Å². The molecular formula is C20H17ClN6O2S2. The standard InChI is InChI=1S/C20H17ClN6O2S2/c1-10(28)23-13-7-11(2-5-17(29)30)6-12(8-13)19-26-27-20(31-19)24-16-4-3-15-14(18(16)21)9-22-25-15/h3-4,6-9H,2,5H2,1H3,(H,22,25)(H,23,28)(H,24,27)(H,29,30). The molecule has 8 nitrogen and oxygen atoms in total. The summed E-state index contributed by atoms with van der Waals surface area (Å²) in [4.78, 5) is 22.8. The molecule has 0 radical (unpaired) electrons. The van der Waals surface area contributed by atoms with Crippen molar-refractivity contribution in [3.05, 3.63) is 47.1 Å². The summed E-state index contributed by atoms with van der Waals surface area (Å²) in [7, 11) is 0. The smallest absolute Gasteiger partial charge is 0.221 e. The van der Waals surface area contributed by atoms with Gasteiger partial charge in [-0.25, -0.2) is 0 Å². The number of H-pyrrole nitrogens is 1. The van der Waals surface area contributed by atoms with E-state index in [0.717, 1.165) is 22.0 Å². The summed E-state index contributed by atoms with van der Waals surface area (Å²) in [5.74, 6) is -0.183. The summed E-state index contributed by atoms with van der Waals surface area (Å²) in [6.07, 6.45) is 2.47. The molecule has 0 unspecified atom stereocenters. The van der Waals surface area contributed by atoms with Gasteiger partial charge in [0.1, 0.15) is 5.01 Å². The topological polar surface area (TPSA) is 113 Å². The van der Waals surface area contributed by atoms with Crippen LogP contribution in [0.2, 0.25) is 5.02 Å². The summed E-state index contributed by atoms with van der Waals surface area (Å²) in [5.41, 5.74) is 3.84. The zero-order chi connectivity index (χ0) is 22.0. The lowest BCUT2D eigenvalue weighted by molar-refractivity contribution is -0.114. The quantitative estimate of drug-likeness (QED) is 0.287.